The van der Waals surface area contributed by atoms with Crippen LogP contribution < -0.4 is 5.32 Å². The van der Waals surface area contributed by atoms with Gasteiger partial charge in [-0.1, -0.05) is 23.8 Å². The molecule has 2 heterocycles. The molecule has 1 N–H and O–H groups in total. The summed E-state index contributed by atoms with van der Waals surface area (Å²) in [5.41, 5.74) is 2.61. The standard InChI is InChI=1S/C19H21N3O2S/c1-14-5-4-6-15(11-14)19(24)22-13-25-12-17(22)18(23)21-10-8-16-7-2-3-9-20-16/h2-7,9,11,17H,8,10,12-13H2,1H3,(H,21,23). The van der Waals surface area contributed by atoms with E-state index in [0.717, 1.165) is 11.3 Å². The van der Waals surface area contributed by atoms with Crippen molar-refractivity contribution in [3.8, 4) is 0 Å². The number of pyridine rings is 1. The van der Waals surface area contributed by atoms with Crippen molar-refractivity contribution >= 4 is 23.6 Å². The molecular weight excluding hydrogens is 334 g/mol. The van der Waals surface area contributed by atoms with E-state index in [4.69, 9.17) is 0 Å². The first kappa shape index (κ1) is 17.5. The lowest BCUT2D eigenvalue weighted by Crippen LogP contribution is -2.47. The van der Waals surface area contributed by atoms with Crippen molar-refractivity contribution in [2.24, 2.45) is 0 Å². The average Bonchev–Trinajstić information content (AvgIpc) is 3.12. The molecule has 1 atom stereocenters. The first-order valence-electron chi connectivity index (χ1n) is 8.28. The second-order valence-electron chi connectivity index (χ2n) is 6.02. The van der Waals surface area contributed by atoms with Crippen LogP contribution in [0.4, 0.5) is 0 Å². The molecule has 1 aromatic heterocycles. The van der Waals surface area contributed by atoms with Crippen LogP contribution in [0, 0.1) is 6.92 Å². The summed E-state index contributed by atoms with van der Waals surface area (Å²) in [6.07, 6.45) is 2.42. The summed E-state index contributed by atoms with van der Waals surface area (Å²) in [6, 6.07) is 12.8. The van der Waals surface area contributed by atoms with E-state index in [1.54, 1.807) is 28.9 Å². The minimum Gasteiger partial charge on any atom is -0.354 e. The lowest BCUT2D eigenvalue weighted by Gasteiger charge is -2.23. The van der Waals surface area contributed by atoms with Crippen LogP contribution in [0.25, 0.3) is 0 Å². The van der Waals surface area contributed by atoms with Crippen LogP contribution in [0.1, 0.15) is 21.6 Å². The van der Waals surface area contributed by atoms with Crippen molar-refractivity contribution in [3.05, 3.63) is 65.5 Å². The highest BCUT2D eigenvalue weighted by atomic mass is 32.2. The van der Waals surface area contributed by atoms with Crippen LogP contribution in [0.3, 0.4) is 0 Å². The van der Waals surface area contributed by atoms with Crippen LogP contribution >= 0.6 is 11.8 Å². The average molecular weight is 355 g/mol. The molecule has 5 nitrogen and oxygen atoms in total. The van der Waals surface area contributed by atoms with Crippen molar-refractivity contribution in [1.82, 2.24) is 15.2 Å². The third-order valence-electron chi connectivity index (χ3n) is 4.12. The molecule has 1 aliphatic heterocycles. The van der Waals surface area contributed by atoms with Crippen molar-refractivity contribution in [3.63, 3.8) is 0 Å². The van der Waals surface area contributed by atoms with E-state index in [1.807, 2.05) is 43.3 Å². The van der Waals surface area contributed by atoms with Gasteiger partial charge in [-0.3, -0.25) is 14.6 Å². The van der Waals surface area contributed by atoms with Gasteiger partial charge >= 0.3 is 0 Å². The molecule has 1 aromatic carbocycles. The van der Waals surface area contributed by atoms with Crippen LogP contribution in [0.5, 0.6) is 0 Å². The van der Waals surface area contributed by atoms with Crippen LogP contribution in [-0.4, -0.2) is 45.9 Å². The zero-order valence-corrected chi connectivity index (χ0v) is 15.0. The number of thioether (sulfide) groups is 1. The molecule has 1 aliphatic rings. The summed E-state index contributed by atoms with van der Waals surface area (Å²) in [4.78, 5) is 31.1. The zero-order chi connectivity index (χ0) is 17.6. The zero-order valence-electron chi connectivity index (χ0n) is 14.1. The summed E-state index contributed by atoms with van der Waals surface area (Å²) in [6.45, 7) is 2.47. The number of hydrogen-bond donors (Lipinski definition) is 1. The van der Waals surface area contributed by atoms with Crippen LogP contribution in [0.2, 0.25) is 0 Å². The summed E-state index contributed by atoms with van der Waals surface area (Å²) < 4.78 is 0. The summed E-state index contributed by atoms with van der Waals surface area (Å²) in [7, 11) is 0. The predicted octanol–water partition coefficient (Wildman–Crippen LogP) is 2.26. The van der Waals surface area contributed by atoms with Gasteiger partial charge in [0.15, 0.2) is 0 Å². The van der Waals surface area contributed by atoms with Crippen LogP contribution in [0.15, 0.2) is 48.7 Å². The molecule has 1 saturated heterocycles. The number of amides is 2. The van der Waals surface area contributed by atoms with Crippen LogP contribution in [-0.2, 0) is 11.2 Å². The number of aryl methyl sites for hydroxylation is 1. The molecule has 0 aliphatic carbocycles. The fourth-order valence-electron chi connectivity index (χ4n) is 2.78. The second-order valence-corrected chi connectivity index (χ2v) is 7.02. The van der Waals surface area contributed by atoms with Gasteiger partial charge in [0.2, 0.25) is 5.91 Å². The highest BCUT2D eigenvalue weighted by Crippen LogP contribution is 2.23. The van der Waals surface area contributed by atoms with E-state index in [-0.39, 0.29) is 11.8 Å². The molecule has 1 fully saturated rings. The number of carbonyl (C=O) groups is 2. The Hall–Kier alpha value is -2.34. The van der Waals surface area contributed by atoms with E-state index in [9.17, 15) is 9.59 Å². The molecule has 0 radical (unpaired) electrons. The van der Waals surface area contributed by atoms with Gasteiger partial charge in [-0.15, -0.1) is 11.8 Å². The van der Waals surface area contributed by atoms with Gasteiger partial charge in [0.25, 0.3) is 5.91 Å². The van der Waals surface area contributed by atoms with Gasteiger partial charge in [0.05, 0.1) is 5.88 Å². The number of rotatable bonds is 5. The van der Waals surface area contributed by atoms with E-state index < -0.39 is 6.04 Å². The highest BCUT2D eigenvalue weighted by Gasteiger charge is 2.34. The van der Waals surface area contributed by atoms with E-state index in [2.05, 4.69) is 10.3 Å². The lowest BCUT2D eigenvalue weighted by molar-refractivity contribution is -0.124. The van der Waals surface area contributed by atoms with Crippen molar-refractivity contribution in [2.45, 2.75) is 19.4 Å². The molecule has 1 unspecified atom stereocenters. The smallest absolute Gasteiger partial charge is 0.255 e. The number of benzene rings is 1. The fourth-order valence-corrected chi connectivity index (χ4v) is 3.94. The maximum absolute atomic E-state index is 12.7. The Morgan fingerprint density at radius 2 is 2.16 bits per heavy atom. The fraction of sp³-hybridized carbons (Fsp3) is 0.316. The first-order valence-corrected chi connectivity index (χ1v) is 9.43. The molecule has 2 aromatic rings. The lowest BCUT2D eigenvalue weighted by atomic mass is 10.1. The predicted molar refractivity (Wildman–Crippen MR) is 99.4 cm³/mol. The maximum Gasteiger partial charge on any atom is 0.255 e. The Bertz CT molecular complexity index is 751. The first-order chi connectivity index (χ1) is 12.1. The third-order valence-corrected chi connectivity index (χ3v) is 5.13. The molecule has 6 heteroatoms. The van der Waals surface area contributed by atoms with E-state index in [1.165, 1.54) is 0 Å². The Morgan fingerprint density at radius 3 is 2.92 bits per heavy atom. The Morgan fingerprint density at radius 1 is 1.28 bits per heavy atom. The Balaban J connectivity index is 1.59. The van der Waals surface area contributed by atoms with E-state index >= 15 is 0 Å². The molecule has 0 spiro atoms. The van der Waals surface area contributed by atoms with Gasteiger partial charge in [-0.05, 0) is 31.2 Å². The van der Waals surface area contributed by atoms with Gasteiger partial charge < -0.3 is 10.2 Å². The molecule has 3 rings (SSSR count). The van der Waals surface area contributed by atoms with Crippen molar-refractivity contribution in [1.29, 1.82) is 0 Å². The number of nitrogens with zero attached hydrogens (tertiary/aromatic N) is 2. The quantitative estimate of drug-likeness (QED) is 0.894. The maximum atomic E-state index is 12.7. The second kappa shape index (κ2) is 8.16. The largest absolute Gasteiger partial charge is 0.354 e. The van der Waals surface area contributed by atoms with Gasteiger partial charge in [-0.25, -0.2) is 0 Å². The summed E-state index contributed by atoms with van der Waals surface area (Å²) in [5.74, 6) is 0.999. The number of nitrogens with one attached hydrogen (secondary N) is 1. The number of carbonyl (C=O) groups excluding carboxylic acids is 2. The minimum absolute atomic E-state index is 0.0847. The van der Waals surface area contributed by atoms with Gasteiger partial charge in [-0.2, -0.15) is 0 Å². The Kier molecular flexibility index (Phi) is 5.71. The van der Waals surface area contributed by atoms with Crippen molar-refractivity contribution < 1.29 is 9.59 Å². The SMILES string of the molecule is Cc1cccc(C(=O)N2CSCC2C(=O)NCCc2ccccn2)c1. The Labute approximate surface area is 151 Å². The molecule has 0 bridgehead atoms. The molecule has 130 valence electrons. The number of hydrogen-bond acceptors (Lipinski definition) is 4. The highest BCUT2D eigenvalue weighted by molar-refractivity contribution is 7.99. The normalized spacial score (nSPS) is 16.7. The molecular formula is C19H21N3O2S. The molecule has 25 heavy (non-hydrogen) atoms. The van der Waals surface area contributed by atoms with Gasteiger partial charge in [0, 0.05) is 36.2 Å². The van der Waals surface area contributed by atoms with E-state index in [0.29, 0.717) is 30.2 Å². The molecule has 2 amide bonds. The van der Waals surface area contributed by atoms with Crippen molar-refractivity contribution in [2.75, 3.05) is 18.2 Å². The topological polar surface area (TPSA) is 62.3 Å². The number of aromatic nitrogens is 1. The minimum atomic E-state index is -0.415. The van der Waals surface area contributed by atoms with Gasteiger partial charge in [0.1, 0.15) is 6.04 Å². The summed E-state index contributed by atoms with van der Waals surface area (Å²) in [5, 5.41) is 2.93. The molecule has 0 saturated carbocycles. The monoisotopic (exact) mass is 355 g/mol. The summed E-state index contributed by atoms with van der Waals surface area (Å²) >= 11 is 1.61. The third kappa shape index (κ3) is 4.39.